The Hall–Kier alpha value is -1.12. The third-order valence-electron chi connectivity index (χ3n) is 2.60. The zero-order valence-corrected chi connectivity index (χ0v) is 7.93. The summed E-state index contributed by atoms with van der Waals surface area (Å²) in [5, 5.41) is 5.77. The summed E-state index contributed by atoms with van der Waals surface area (Å²) >= 11 is 0. The second-order valence-electron chi connectivity index (χ2n) is 3.67. The number of alkyl halides is 5. The van der Waals surface area contributed by atoms with Gasteiger partial charge in [-0.2, -0.15) is 27.1 Å². The number of rotatable bonds is 1. The van der Waals surface area contributed by atoms with Gasteiger partial charge in [0.05, 0.1) is 6.04 Å². The lowest BCUT2D eigenvalue weighted by atomic mass is 10.1. The zero-order chi connectivity index (χ0) is 12.0. The molecule has 2 aliphatic heterocycles. The maximum Gasteiger partial charge on any atom is 0.455 e. The Morgan fingerprint density at radius 2 is 1.94 bits per heavy atom. The molecule has 0 aliphatic carbocycles. The Kier molecular flexibility index (Phi) is 2.44. The highest BCUT2D eigenvalue weighted by Gasteiger charge is 2.63. The molecule has 0 radical (unpaired) electrons. The van der Waals surface area contributed by atoms with Crippen LogP contribution in [0.4, 0.5) is 22.0 Å². The average molecular weight is 244 g/mol. The minimum atomic E-state index is -5.54. The van der Waals surface area contributed by atoms with Crippen LogP contribution in [0.5, 0.6) is 0 Å². The maximum atomic E-state index is 13.0. The van der Waals surface area contributed by atoms with Crippen molar-refractivity contribution in [2.75, 3.05) is 13.1 Å². The topological polar surface area (TPSA) is 39.7 Å². The molecule has 92 valence electrons. The summed E-state index contributed by atoms with van der Waals surface area (Å²) in [6, 6.07) is -1.95. The van der Waals surface area contributed by atoms with E-state index in [0.29, 0.717) is 0 Å². The molecule has 1 saturated heterocycles. The Morgan fingerprint density at radius 3 is 2.56 bits per heavy atom. The average Bonchev–Trinajstić information content (AvgIpc) is 2.61. The van der Waals surface area contributed by atoms with Gasteiger partial charge in [-0.25, -0.2) is 0 Å². The molecule has 0 saturated carbocycles. The van der Waals surface area contributed by atoms with E-state index in [1.54, 1.807) is 0 Å². The molecule has 4 nitrogen and oxygen atoms in total. The first-order valence-electron chi connectivity index (χ1n) is 4.55. The van der Waals surface area contributed by atoms with E-state index in [4.69, 9.17) is 0 Å². The van der Waals surface area contributed by atoms with Crippen LogP contribution in [0.3, 0.4) is 0 Å². The van der Waals surface area contributed by atoms with Crippen LogP contribution < -0.4 is 10.7 Å². The van der Waals surface area contributed by atoms with Gasteiger partial charge >= 0.3 is 12.1 Å². The molecule has 16 heavy (non-hydrogen) atoms. The van der Waals surface area contributed by atoms with Crippen LogP contribution in [0.25, 0.3) is 0 Å². The zero-order valence-electron chi connectivity index (χ0n) is 7.93. The molecule has 0 aromatic carbocycles. The van der Waals surface area contributed by atoms with Crippen LogP contribution >= 0.6 is 0 Å². The monoisotopic (exact) mass is 244 g/mol. The molecule has 2 atom stereocenters. The number of piperazine rings is 1. The predicted molar refractivity (Wildman–Crippen MR) is 44.9 cm³/mol. The molecule has 2 aliphatic rings. The summed E-state index contributed by atoms with van der Waals surface area (Å²) in [6.07, 6.45) is -4.66. The van der Waals surface area contributed by atoms with Gasteiger partial charge in [-0.05, 0) is 0 Å². The molecule has 0 spiro atoms. The van der Waals surface area contributed by atoms with Gasteiger partial charge in [0.25, 0.3) is 0 Å². The quantitative estimate of drug-likeness (QED) is 0.653. The van der Waals surface area contributed by atoms with E-state index in [2.05, 4.69) is 15.8 Å². The standard InChI is InChI=1S/C7H9F5N4/c8-6(9,7(10,11)12)4-2-16-3-14-15-5(16)1-13-4/h3-5,13,15H,1-2H2. The Labute approximate surface area is 87.5 Å². The third kappa shape index (κ3) is 1.68. The van der Waals surface area contributed by atoms with Gasteiger partial charge in [0.2, 0.25) is 0 Å². The highest BCUT2D eigenvalue weighted by atomic mass is 19.4. The van der Waals surface area contributed by atoms with Crippen LogP contribution in [0.1, 0.15) is 0 Å². The number of halogens is 5. The maximum absolute atomic E-state index is 13.0. The summed E-state index contributed by atoms with van der Waals surface area (Å²) in [7, 11) is 0. The fraction of sp³-hybridized carbons (Fsp3) is 0.857. The minimum absolute atomic E-state index is 0.0175. The number of nitrogens with one attached hydrogen (secondary N) is 2. The van der Waals surface area contributed by atoms with Gasteiger partial charge < -0.3 is 10.2 Å². The van der Waals surface area contributed by atoms with Gasteiger partial charge in [-0.15, -0.1) is 0 Å². The number of hydrazone groups is 1. The van der Waals surface area contributed by atoms with Crippen molar-refractivity contribution in [2.24, 2.45) is 5.10 Å². The largest absolute Gasteiger partial charge is 0.455 e. The molecular formula is C7H9F5N4. The SMILES string of the molecule is FC(F)(F)C(F)(F)C1CN2C=NNC2CN1. The van der Waals surface area contributed by atoms with Gasteiger partial charge in [-0.3, -0.25) is 5.43 Å². The Balaban J connectivity index is 2.09. The fourth-order valence-corrected chi connectivity index (χ4v) is 1.66. The van der Waals surface area contributed by atoms with Crippen LogP contribution in [0, 0.1) is 0 Å². The first-order chi connectivity index (χ1) is 7.32. The molecule has 0 aromatic rings. The molecule has 2 N–H and O–H groups in total. The van der Waals surface area contributed by atoms with E-state index < -0.39 is 24.7 Å². The second-order valence-corrected chi connectivity index (χ2v) is 3.67. The van der Waals surface area contributed by atoms with E-state index in [-0.39, 0.29) is 12.7 Å². The van der Waals surface area contributed by atoms with Crippen molar-refractivity contribution in [1.82, 2.24) is 15.6 Å². The van der Waals surface area contributed by atoms with E-state index in [0.717, 1.165) is 0 Å². The minimum Gasteiger partial charge on any atom is -0.337 e. The molecule has 2 heterocycles. The van der Waals surface area contributed by atoms with Crippen molar-refractivity contribution in [3.8, 4) is 0 Å². The van der Waals surface area contributed by atoms with Gasteiger partial charge in [-0.1, -0.05) is 0 Å². The van der Waals surface area contributed by atoms with Crippen molar-refractivity contribution < 1.29 is 22.0 Å². The van der Waals surface area contributed by atoms with E-state index in [1.807, 2.05) is 0 Å². The summed E-state index contributed by atoms with van der Waals surface area (Å²) in [5.41, 5.74) is 2.58. The van der Waals surface area contributed by atoms with Crippen LogP contribution in [-0.2, 0) is 0 Å². The lowest BCUT2D eigenvalue weighted by Gasteiger charge is -2.39. The van der Waals surface area contributed by atoms with Crippen LogP contribution in [0.15, 0.2) is 5.10 Å². The van der Waals surface area contributed by atoms with Crippen molar-refractivity contribution in [2.45, 2.75) is 24.3 Å². The smallest absolute Gasteiger partial charge is 0.337 e. The van der Waals surface area contributed by atoms with E-state index in [9.17, 15) is 22.0 Å². The fourth-order valence-electron chi connectivity index (χ4n) is 1.66. The molecule has 2 rings (SSSR count). The van der Waals surface area contributed by atoms with Gasteiger partial charge in [0.15, 0.2) is 0 Å². The Morgan fingerprint density at radius 1 is 1.25 bits per heavy atom. The van der Waals surface area contributed by atoms with Crippen LogP contribution in [-0.4, -0.2) is 48.6 Å². The van der Waals surface area contributed by atoms with Crippen LogP contribution in [0.2, 0.25) is 0 Å². The molecule has 2 unspecified atom stereocenters. The van der Waals surface area contributed by atoms with Crippen molar-refractivity contribution in [3.05, 3.63) is 0 Å². The first-order valence-corrected chi connectivity index (χ1v) is 4.55. The summed E-state index contributed by atoms with van der Waals surface area (Å²) in [6.45, 7) is -0.454. The molecule has 9 heteroatoms. The second kappa shape index (κ2) is 3.44. The van der Waals surface area contributed by atoms with Gasteiger partial charge in [0.1, 0.15) is 12.5 Å². The number of hydrogen-bond acceptors (Lipinski definition) is 4. The summed E-state index contributed by atoms with van der Waals surface area (Å²) in [5.74, 6) is -4.74. The molecule has 0 aromatic heterocycles. The van der Waals surface area contributed by atoms with Crippen molar-refractivity contribution >= 4 is 6.34 Å². The van der Waals surface area contributed by atoms with Gasteiger partial charge in [0, 0.05) is 13.1 Å². The Bertz CT molecular complexity index is 302. The normalized spacial score (nSPS) is 30.2. The molecule has 0 amide bonds. The summed E-state index contributed by atoms with van der Waals surface area (Å²) in [4.78, 5) is 1.32. The highest BCUT2D eigenvalue weighted by molar-refractivity contribution is 5.57. The number of hydrogen-bond donors (Lipinski definition) is 2. The lowest BCUT2D eigenvalue weighted by Crippen LogP contribution is -2.65. The lowest BCUT2D eigenvalue weighted by molar-refractivity contribution is -0.295. The van der Waals surface area contributed by atoms with E-state index in [1.165, 1.54) is 11.2 Å². The van der Waals surface area contributed by atoms with Crippen molar-refractivity contribution in [1.29, 1.82) is 0 Å². The van der Waals surface area contributed by atoms with Crippen molar-refractivity contribution in [3.63, 3.8) is 0 Å². The third-order valence-corrected chi connectivity index (χ3v) is 2.60. The highest BCUT2D eigenvalue weighted by Crippen LogP contribution is 2.39. The molecule has 0 bridgehead atoms. The van der Waals surface area contributed by atoms with E-state index >= 15 is 0 Å². The first kappa shape index (κ1) is 11.4. The molecule has 1 fully saturated rings. The number of fused-ring (bicyclic) bond motifs is 1. The number of nitrogens with zero attached hydrogens (tertiary/aromatic N) is 2. The summed E-state index contributed by atoms with van der Waals surface area (Å²) < 4.78 is 62.3. The predicted octanol–water partition coefficient (Wildman–Crippen LogP) is 0.330. The molecular weight excluding hydrogens is 235 g/mol.